The van der Waals surface area contributed by atoms with Gasteiger partial charge in [-0.25, -0.2) is 0 Å². The van der Waals surface area contributed by atoms with Crippen LogP contribution in [0.15, 0.2) is 54.6 Å². The molecule has 0 saturated carbocycles. The Morgan fingerprint density at radius 1 is 0.969 bits per heavy atom. The summed E-state index contributed by atoms with van der Waals surface area (Å²) in [6.07, 6.45) is 0. The van der Waals surface area contributed by atoms with E-state index in [-0.39, 0.29) is 24.3 Å². The zero-order chi connectivity index (χ0) is 22.9. The van der Waals surface area contributed by atoms with Crippen molar-refractivity contribution in [3.05, 3.63) is 60.2 Å². The number of rotatable bonds is 9. The number of ether oxygens (including phenoxy) is 1. The molecule has 2 aromatic rings. The molecule has 172 valence electrons. The molecule has 2 aromatic carbocycles. The number of nitrogens with zero attached hydrogens (tertiary/aromatic N) is 2. The number of piperazine rings is 1. The lowest BCUT2D eigenvalue weighted by atomic mass is 10.0. The van der Waals surface area contributed by atoms with Gasteiger partial charge in [0, 0.05) is 38.4 Å². The first kappa shape index (κ1) is 23.6. The summed E-state index contributed by atoms with van der Waals surface area (Å²) in [4.78, 5) is 30.0. The van der Waals surface area contributed by atoms with Gasteiger partial charge in [0.05, 0.1) is 0 Å². The minimum absolute atomic E-state index is 0.0523. The number of benzene rings is 2. The van der Waals surface area contributed by atoms with Gasteiger partial charge in [0.1, 0.15) is 11.8 Å². The maximum absolute atomic E-state index is 12.9. The number of carbonyl (C=O) groups excluding carboxylic acids is 2. The van der Waals surface area contributed by atoms with Gasteiger partial charge >= 0.3 is 0 Å². The Hall–Kier alpha value is -3.06. The third-order valence-electron chi connectivity index (χ3n) is 5.67. The minimum atomic E-state index is -0.627. The van der Waals surface area contributed by atoms with Crippen molar-refractivity contribution in [2.75, 3.05) is 44.7 Å². The van der Waals surface area contributed by atoms with Crippen molar-refractivity contribution in [3.8, 4) is 5.75 Å². The average Bonchev–Trinajstić information content (AvgIpc) is 2.81. The summed E-state index contributed by atoms with van der Waals surface area (Å²) in [7, 11) is 2.13. The molecule has 1 atom stereocenters. The summed E-state index contributed by atoms with van der Waals surface area (Å²) in [5.41, 5.74) is 2.23. The summed E-state index contributed by atoms with van der Waals surface area (Å²) in [5, 5.41) is 5.83. The largest absolute Gasteiger partial charge is 0.484 e. The van der Waals surface area contributed by atoms with Crippen LogP contribution in [0, 0.1) is 5.92 Å². The number of amides is 2. The van der Waals surface area contributed by atoms with E-state index < -0.39 is 6.04 Å². The number of para-hydroxylation sites is 2. The molecule has 0 spiro atoms. The molecule has 1 aliphatic rings. The molecule has 0 aromatic heterocycles. The van der Waals surface area contributed by atoms with Crippen LogP contribution in [-0.4, -0.2) is 62.6 Å². The molecule has 7 heteroatoms. The van der Waals surface area contributed by atoms with Crippen molar-refractivity contribution in [3.63, 3.8) is 0 Å². The van der Waals surface area contributed by atoms with Crippen LogP contribution in [-0.2, 0) is 16.1 Å². The molecule has 0 bridgehead atoms. The predicted octanol–water partition coefficient (Wildman–Crippen LogP) is 2.27. The van der Waals surface area contributed by atoms with Gasteiger partial charge in [0.15, 0.2) is 6.61 Å². The third kappa shape index (κ3) is 6.72. The maximum atomic E-state index is 12.9. The summed E-state index contributed by atoms with van der Waals surface area (Å²) in [6, 6.07) is 16.7. The van der Waals surface area contributed by atoms with Gasteiger partial charge in [-0.1, -0.05) is 50.2 Å². The molecule has 0 radical (unpaired) electrons. The van der Waals surface area contributed by atoms with E-state index in [0.29, 0.717) is 12.3 Å². The number of hydrogen-bond acceptors (Lipinski definition) is 5. The highest BCUT2D eigenvalue weighted by molar-refractivity contribution is 5.88. The Kier molecular flexibility index (Phi) is 8.50. The fraction of sp³-hybridized carbons (Fsp3) is 0.440. The van der Waals surface area contributed by atoms with Crippen LogP contribution >= 0.6 is 0 Å². The van der Waals surface area contributed by atoms with Crippen LogP contribution in [0.3, 0.4) is 0 Å². The van der Waals surface area contributed by atoms with Gasteiger partial charge in [-0.3, -0.25) is 9.59 Å². The average molecular weight is 439 g/mol. The third-order valence-corrected chi connectivity index (χ3v) is 5.67. The van der Waals surface area contributed by atoms with E-state index in [0.717, 1.165) is 37.4 Å². The van der Waals surface area contributed by atoms with Crippen molar-refractivity contribution in [2.24, 2.45) is 5.92 Å². The van der Waals surface area contributed by atoms with E-state index in [4.69, 9.17) is 4.74 Å². The molecule has 7 nitrogen and oxygen atoms in total. The quantitative estimate of drug-likeness (QED) is 0.628. The normalized spacial score (nSPS) is 15.3. The number of likely N-dealkylation sites (N-methyl/N-ethyl adjacent to an activating group) is 1. The number of carbonyl (C=O) groups is 2. The van der Waals surface area contributed by atoms with Gasteiger partial charge in [-0.2, -0.15) is 0 Å². The molecule has 0 aliphatic carbocycles. The van der Waals surface area contributed by atoms with Gasteiger partial charge in [0.2, 0.25) is 5.91 Å². The maximum Gasteiger partial charge on any atom is 0.258 e. The second kappa shape index (κ2) is 11.5. The molecule has 2 amide bonds. The Morgan fingerprint density at radius 2 is 1.62 bits per heavy atom. The highest BCUT2D eigenvalue weighted by Gasteiger charge is 2.25. The lowest BCUT2D eigenvalue weighted by molar-refractivity contribution is -0.131. The van der Waals surface area contributed by atoms with Crippen molar-refractivity contribution in [2.45, 2.75) is 26.4 Å². The highest BCUT2D eigenvalue weighted by atomic mass is 16.5. The molecule has 1 aliphatic heterocycles. The minimum Gasteiger partial charge on any atom is -0.484 e. The first-order valence-corrected chi connectivity index (χ1v) is 11.2. The first-order chi connectivity index (χ1) is 15.4. The van der Waals surface area contributed by atoms with E-state index >= 15 is 0 Å². The van der Waals surface area contributed by atoms with Crippen molar-refractivity contribution >= 4 is 17.5 Å². The molecule has 1 fully saturated rings. The van der Waals surface area contributed by atoms with Crippen LogP contribution < -0.4 is 20.3 Å². The fourth-order valence-electron chi connectivity index (χ4n) is 3.72. The second-order valence-electron chi connectivity index (χ2n) is 8.53. The van der Waals surface area contributed by atoms with Crippen LogP contribution in [0.1, 0.15) is 19.4 Å². The van der Waals surface area contributed by atoms with Crippen LogP contribution in [0.25, 0.3) is 0 Å². The second-order valence-corrected chi connectivity index (χ2v) is 8.53. The van der Waals surface area contributed by atoms with E-state index in [9.17, 15) is 9.59 Å². The van der Waals surface area contributed by atoms with E-state index in [1.165, 1.54) is 0 Å². The van der Waals surface area contributed by atoms with Crippen LogP contribution in [0.5, 0.6) is 5.75 Å². The number of anilines is 1. The van der Waals surface area contributed by atoms with Gasteiger partial charge < -0.3 is 25.2 Å². The Bertz CT molecular complexity index is 880. The lowest BCUT2D eigenvalue weighted by Crippen LogP contribution is -2.50. The van der Waals surface area contributed by atoms with Crippen molar-refractivity contribution in [1.29, 1.82) is 0 Å². The predicted molar refractivity (Wildman–Crippen MR) is 127 cm³/mol. The van der Waals surface area contributed by atoms with E-state index in [1.807, 2.05) is 50.2 Å². The summed E-state index contributed by atoms with van der Waals surface area (Å²) < 4.78 is 5.50. The van der Waals surface area contributed by atoms with E-state index in [1.54, 1.807) is 12.1 Å². The monoisotopic (exact) mass is 438 g/mol. The van der Waals surface area contributed by atoms with Gasteiger partial charge in [0.25, 0.3) is 5.91 Å². The first-order valence-electron chi connectivity index (χ1n) is 11.2. The van der Waals surface area contributed by atoms with E-state index in [2.05, 4.69) is 33.5 Å². The molecule has 1 saturated heterocycles. The standard InChI is InChI=1S/C25H34N4O3/c1-19(2)24(27-23(30)18-32-21-10-5-4-6-11-21)25(31)26-17-20-9-7-8-12-22(20)29-15-13-28(3)14-16-29/h4-12,19,24H,13-18H2,1-3H3,(H,26,31)(H,27,30). The molecule has 1 heterocycles. The summed E-state index contributed by atoms with van der Waals surface area (Å²) in [6.45, 7) is 8.09. The number of nitrogens with one attached hydrogen (secondary N) is 2. The molecular formula is C25H34N4O3. The smallest absolute Gasteiger partial charge is 0.258 e. The summed E-state index contributed by atoms with van der Waals surface area (Å²) >= 11 is 0. The Labute approximate surface area is 190 Å². The Morgan fingerprint density at radius 3 is 2.31 bits per heavy atom. The van der Waals surface area contributed by atoms with Crippen LogP contribution in [0.2, 0.25) is 0 Å². The van der Waals surface area contributed by atoms with Crippen LogP contribution in [0.4, 0.5) is 5.69 Å². The lowest BCUT2D eigenvalue weighted by Gasteiger charge is -2.35. The van der Waals surface area contributed by atoms with Gasteiger partial charge in [-0.05, 0) is 36.7 Å². The fourth-order valence-corrected chi connectivity index (χ4v) is 3.72. The number of hydrogen-bond donors (Lipinski definition) is 2. The molecular weight excluding hydrogens is 404 g/mol. The molecule has 2 N–H and O–H groups in total. The van der Waals surface area contributed by atoms with Crippen molar-refractivity contribution in [1.82, 2.24) is 15.5 Å². The SMILES string of the molecule is CC(C)C(NC(=O)COc1ccccc1)C(=O)NCc1ccccc1N1CCN(C)CC1. The zero-order valence-electron chi connectivity index (χ0n) is 19.2. The summed E-state index contributed by atoms with van der Waals surface area (Å²) in [5.74, 6) is 0.0547. The highest BCUT2D eigenvalue weighted by Crippen LogP contribution is 2.21. The van der Waals surface area contributed by atoms with Crippen molar-refractivity contribution < 1.29 is 14.3 Å². The molecule has 32 heavy (non-hydrogen) atoms. The molecule has 1 unspecified atom stereocenters. The Balaban J connectivity index is 1.55. The zero-order valence-corrected chi connectivity index (χ0v) is 19.2. The molecule has 3 rings (SSSR count). The topological polar surface area (TPSA) is 73.9 Å². The van der Waals surface area contributed by atoms with Gasteiger partial charge in [-0.15, -0.1) is 0 Å².